The summed E-state index contributed by atoms with van der Waals surface area (Å²) in [6.07, 6.45) is 7.45. The van der Waals surface area contributed by atoms with Gasteiger partial charge in [0.25, 0.3) is 0 Å². The van der Waals surface area contributed by atoms with Gasteiger partial charge in [0, 0.05) is 19.8 Å². The molecular weight excluding hydrogens is 224 g/mol. The Hall–Kier alpha value is -0.120. The monoisotopic (exact) mass is 256 g/mol. The van der Waals surface area contributed by atoms with E-state index in [9.17, 15) is 0 Å². The second kappa shape index (κ2) is 8.89. The van der Waals surface area contributed by atoms with Gasteiger partial charge < -0.3 is 15.4 Å². The second-order valence-electron chi connectivity index (χ2n) is 5.80. The highest BCUT2D eigenvalue weighted by Gasteiger charge is 2.32. The first kappa shape index (κ1) is 15.9. The molecule has 0 aromatic carbocycles. The van der Waals surface area contributed by atoms with Crippen molar-refractivity contribution in [3.05, 3.63) is 0 Å². The number of hydrogen-bond acceptors (Lipinski definition) is 3. The van der Waals surface area contributed by atoms with E-state index < -0.39 is 0 Å². The maximum Gasteiger partial charge on any atom is 0.0472 e. The lowest BCUT2D eigenvalue weighted by molar-refractivity contribution is -0.000543. The molecule has 1 saturated heterocycles. The van der Waals surface area contributed by atoms with Crippen molar-refractivity contribution in [2.45, 2.75) is 52.4 Å². The number of nitrogens with zero attached hydrogens (tertiary/aromatic N) is 1. The molecule has 0 unspecified atom stereocenters. The number of rotatable bonds is 9. The predicted molar refractivity (Wildman–Crippen MR) is 77.8 cm³/mol. The van der Waals surface area contributed by atoms with Crippen molar-refractivity contribution in [2.75, 3.05) is 39.4 Å². The first-order valence-corrected chi connectivity index (χ1v) is 7.76. The molecule has 3 heteroatoms. The molecule has 0 atom stereocenters. The number of ether oxygens (including phenoxy) is 1. The second-order valence-corrected chi connectivity index (χ2v) is 5.80. The van der Waals surface area contributed by atoms with Gasteiger partial charge in [-0.2, -0.15) is 0 Å². The molecule has 1 rings (SSSR count). The molecule has 1 aliphatic heterocycles. The smallest absolute Gasteiger partial charge is 0.0472 e. The van der Waals surface area contributed by atoms with Crippen LogP contribution in [0.3, 0.4) is 0 Å². The van der Waals surface area contributed by atoms with Crippen LogP contribution in [-0.2, 0) is 4.74 Å². The van der Waals surface area contributed by atoms with Gasteiger partial charge in [0.1, 0.15) is 0 Å². The van der Waals surface area contributed by atoms with Crippen LogP contribution in [0.15, 0.2) is 0 Å². The van der Waals surface area contributed by atoms with E-state index in [4.69, 9.17) is 10.5 Å². The van der Waals surface area contributed by atoms with Gasteiger partial charge in [0.15, 0.2) is 0 Å². The molecule has 0 radical (unpaired) electrons. The third kappa shape index (κ3) is 5.25. The SMILES string of the molecule is CCCCN(CCCC)CC1(CN)CCOCC1. The van der Waals surface area contributed by atoms with Gasteiger partial charge in [0.2, 0.25) is 0 Å². The largest absolute Gasteiger partial charge is 0.381 e. The molecule has 3 nitrogen and oxygen atoms in total. The van der Waals surface area contributed by atoms with Crippen LogP contribution in [0.1, 0.15) is 52.4 Å². The van der Waals surface area contributed by atoms with Crippen LogP contribution in [0, 0.1) is 5.41 Å². The lowest BCUT2D eigenvalue weighted by Gasteiger charge is -2.40. The number of unbranched alkanes of at least 4 members (excludes halogenated alkanes) is 2. The molecule has 18 heavy (non-hydrogen) atoms. The fraction of sp³-hybridized carbons (Fsp3) is 1.00. The minimum Gasteiger partial charge on any atom is -0.381 e. The number of nitrogens with two attached hydrogens (primary N) is 1. The standard InChI is InChI=1S/C15H32N2O/c1-3-5-9-17(10-6-4-2)14-15(13-16)7-11-18-12-8-15/h3-14,16H2,1-2H3. The fourth-order valence-corrected chi connectivity index (χ4v) is 2.74. The van der Waals surface area contributed by atoms with Gasteiger partial charge in [-0.15, -0.1) is 0 Å². The lowest BCUT2D eigenvalue weighted by atomic mass is 9.79. The minimum atomic E-state index is 0.319. The van der Waals surface area contributed by atoms with Gasteiger partial charge >= 0.3 is 0 Å². The van der Waals surface area contributed by atoms with E-state index in [0.29, 0.717) is 5.41 Å². The Balaban J connectivity index is 2.49. The molecular formula is C15H32N2O. The summed E-state index contributed by atoms with van der Waals surface area (Å²) in [6, 6.07) is 0. The van der Waals surface area contributed by atoms with E-state index in [1.165, 1.54) is 45.3 Å². The average Bonchev–Trinajstić information content (AvgIpc) is 2.43. The molecule has 2 N–H and O–H groups in total. The maximum absolute atomic E-state index is 6.06. The summed E-state index contributed by atoms with van der Waals surface area (Å²) >= 11 is 0. The van der Waals surface area contributed by atoms with Crippen LogP contribution < -0.4 is 5.73 Å². The van der Waals surface area contributed by atoms with Gasteiger partial charge in [-0.25, -0.2) is 0 Å². The summed E-state index contributed by atoms with van der Waals surface area (Å²) in [6.45, 7) is 10.8. The molecule has 1 heterocycles. The zero-order valence-corrected chi connectivity index (χ0v) is 12.4. The molecule has 0 amide bonds. The van der Waals surface area contributed by atoms with Crippen LogP contribution in [0.2, 0.25) is 0 Å². The minimum absolute atomic E-state index is 0.319. The Morgan fingerprint density at radius 1 is 1.06 bits per heavy atom. The molecule has 0 bridgehead atoms. The normalized spacial score (nSPS) is 19.3. The van der Waals surface area contributed by atoms with Crippen molar-refractivity contribution >= 4 is 0 Å². The third-order valence-electron chi connectivity index (χ3n) is 4.20. The average molecular weight is 256 g/mol. The Bertz CT molecular complexity index is 195. The number of hydrogen-bond donors (Lipinski definition) is 1. The van der Waals surface area contributed by atoms with Crippen molar-refractivity contribution in [3.63, 3.8) is 0 Å². The van der Waals surface area contributed by atoms with Crippen LogP contribution >= 0.6 is 0 Å². The lowest BCUT2D eigenvalue weighted by Crippen LogP contribution is -2.46. The van der Waals surface area contributed by atoms with E-state index in [1.807, 2.05) is 0 Å². The summed E-state index contributed by atoms with van der Waals surface area (Å²) in [5.41, 5.74) is 6.38. The van der Waals surface area contributed by atoms with E-state index in [1.54, 1.807) is 0 Å². The maximum atomic E-state index is 6.06. The summed E-state index contributed by atoms with van der Waals surface area (Å²) < 4.78 is 5.50. The Kier molecular flexibility index (Phi) is 7.87. The summed E-state index contributed by atoms with van der Waals surface area (Å²) in [7, 11) is 0. The Morgan fingerprint density at radius 2 is 1.61 bits per heavy atom. The zero-order chi connectivity index (χ0) is 13.3. The highest BCUT2D eigenvalue weighted by atomic mass is 16.5. The van der Waals surface area contributed by atoms with Gasteiger partial charge in [-0.3, -0.25) is 0 Å². The van der Waals surface area contributed by atoms with Crippen molar-refractivity contribution in [1.82, 2.24) is 4.90 Å². The first-order chi connectivity index (χ1) is 8.76. The van der Waals surface area contributed by atoms with Crippen LogP contribution in [0.5, 0.6) is 0 Å². The topological polar surface area (TPSA) is 38.5 Å². The molecule has 0 spiro atoms. The summed E-state index contributed by atoms with van der Waals surface area (Å²) in [5.74, 6) is 0. The molecule has 1 fully saturated rings. The first-order valence-electron chi connectivity index (χ1n) is 7.76. The molecule has 0 aromatic rings. The van der Waals surface area contributed by atoms with Crippen LogP contribution in [0.4, 0.5) is 0 Å². The summed E-state index contributed by atoms with van der Waals surface area (Å²) in [4.78, 5) is 2.64. The Morgan fingerprint density at radius 3 is 2.06 bits per heavy atom. The van der Waals surface area contributed by atoms with E-state index in [-0.39, 0.29) is 0 Å². The predicted octanol–water partition coefficient (Wildman–Crippen LogP) is 2.64. The van der Waals surface area contributed by atoms with Crippen molar-refractivity contribution < 1.29 is 4.74 Å². The highest BCUT2D eigenvalue weighted by Crippen LogP contribution is 2.30. The van der Waals surface area contributed by atoms with E-state index in [0.717, 1.165) is 32.6 Å². The van der Waals surface area contributed by atoms with Crippen LogP contribution in [-0.4, -0.2) is 44.3 Å². The van der Waals surface area contributed by atoms with E-state index >= 15 is 0 Å². The summed E-state index contributed by atoms with van der Waals surface area (Å²) in [5, 5.41) is 0. The van der Waals surface area contributed by atoms with Crippen molar-refractivity contribution in [2.24, 2.45) is 11.1 Å². The quantitative estimate of drug-likeness (QED) is 0.689. The van der Waals surface area contributed by atoms with Gasteiger partial charge in [0.05, 0.1) is 0 Å². The Labute approximate surface area is 113 Å². The van der Waals surface area contributed by atoms with Gasteiger partial charge in [-0.1, -0.05) is 26.7 Å². The molecule has 108 valence electrons. The van der Waals surface area contributed by atoms with E-state index in [2.05, 4.69) is 18.7 Å². The molecule has 0 aromatic heterocycles. The molecule has 0 saturated carbocycles. The fourth-order valence-electron chi connectivity index (χ4n) is 2.74. The van der Waals surface area contributed by atoms with Crippen molar-refractivity contribution in [1.29, 1.82) is 0 Å². The van der Waals surface area contributed by atoms with Crippen molar-refractivity contribution in [3.8, 4) is 0 Å². The van der Waals surface area contributed by atoms with Gasteiger partial charge in [-0.05, 0) is 50.7 Å². The third-order valence-corrected chi connectivity index (χ3v) is 4.20. The zero-order valence-electron chi connectivity index (χ0n) is 12.4. The molecule has 0 aliphatic carbocycles. The highest BCUT2D eigenvalue weighted by molar-refractivity contribution is 4.86. The van der Waals surface area contributed by atoms with Crippen LogP contribution in [0.25, 0.3) is 0 Å². The molecule has 1 aliphatic rings.